The summed E-state index contributed by atoms with van der Waals surface area (Å²) in [5.74, 6) is -4.39. The van der Waals surface area contributed by atoms with E-state index in [0.717, 1.165) is 19.3 Å². The van der Waals surface area contributed by atoms with Crippen LogP contribution in [-0.2, 0) is 9.59 Å². The fourth-order valence-corrected chi connectivity index (χ4v) is 2.84. The van der Waals surface area contributed by atoms with Crippen LogP contribution in [0.3, 0.4) is 0 Å². The van der Waals surface area contributed by atoms with Crippen molar-refractivity contribution in [2.75, 3.05) is 0 Å². The third kappa shape index (κ3) is 8.11. The smallest absolute Gasteiger partial charge is 0.300 e. The van der Waals surface area contributed by atoms with E-state index in [9.17, 15) is 18.4 Å². The molecule has 1 atom stereocenters. The molecule has 106 valence electrons. The summed E-state index contributed by atoms with van der Waals surface area (Å²) < 4.78 is 26.6. The molecule has 18 heavy (non-hydrogen) atoms. The molecule has 1 unspecified atom stereocenters. The van der Waals surface area contributed by atoms with Gasteiger partial charge in [0.1, 0.15) is 5.78 Å². The Balaban J connectivity index is 4.09. The van der Waals surface area contributed by atoms with Crippen LogP contribution in [0.25, 0.3) is 0 Å². The number of alkyl halides is 3. The maximum Gasteiger partial charge on any atom is 0.306 e. The van der Waals surface area contributed by atoms with Crippen molar-refractivity contribution in [3.63, 3.8) is 0 Å². The van der Waals surface area contributed by atoms with E-state index in [0.29, 0.717) is 6.42 Å². The highest BCUT2D eigenvalue weighted by Crippen LogP contribution is 2.28. The van der Waals surface area contributed by atoms with Crippen LogP contribution in [-0.4, -0.2) is 21.4 Å². The molecule has 0 radical (unpaired) electrons. The Hall–Kier alpha value is -0.0700. The maximum atomic E-state index is 13.6. The van der Waals surface area contributed by atoms with Gasteiger partial charge in [-0.1, -0.05) is 48.8 Å². The minimum absolute atomic E-state index is 0.0591. The molecule has 0 aliphatic carbocycles. The predicted octanol–water partition coefficient (Wildman–Crippen LogP) is 4.33. The van der Waals surface area contributed by atoms with Gasteiger partial charge in [0, 0.05) is 23.2 Å². The highest BCUT2D eigenvalue weighted by Gasteiger charge is 2.39. The predicted molar refractivity (Wildman–Crippen MR) is 76.4 cm³/mol. The van der Waals surface area contributed by atoms with Crippen molar-refractivity contribution < 1.29 is 18.4 Å². The van der Waals surface area contributed by atoms with E-state index in [4.69, 9.17) is 0 Å². The average molecular weight is 374 g/mol. The third-order valence-electron chi connectivity index (χ3n) is 2.65. The number of carbonyl (C=O) groups excluding carboxylic acids is 2. The van der Waals surface area contributed by atoms with Crippen LogP contribution in [0.1, 0.15) is 58.8 Å². The molecule has 0 bridgehead atoms. The second kappa shape index (κ2) is 8.93. The van der Waals surface area contributed by atoms with Gasteiger partial charge in [-0.15, -0.1) is 0 Å². The number of hydrogen-bond acceptors (Lipinski definition) is 2. The van der Waals surface area contributed by atoms with Crippen molar-refractivity contribution in [1.82, 2.24) is 0 Å². The van der Waals surface area contributed by atoms with Gasteiger partial charge in [0.15, 0.2) is 0 Å². The monoisotopic (exact) mass is 374 g/mol. The Labute approximate surface area is 121 Å². The summed E-state index contributed by atoms with van der Waals surface area (Å²) in [6.45, 7) is 3.40. The molecule has 5 heteroatoms. The number of halogens is 3. The van der Waals surface area contributed by atoms with E-state index in [1.807, 2.05) is 29.5 Å². The molecule has 0 fully saturated rings. The van der Waals surface area contributed by atoms with E-state index in [2.05, 4.69) is 0 Å². The van der Waals surface area contributed by atoms with Crippen LogP contribution in [0.5, 0.6) is 0 Å². The summed E-state index contributed by atoms with van der Waals surface area (Å²) in [5.41, 5.74) is 0. The standard InChI is InChI=1S/C13H21F2IO2/c1-3-4-5-6-7-12(18)13(14,15)9-11(16)8-10(2)17/h11H,3-9H2,1-2H3. The van der Waals surface area contributed by atoms with Crippen LogP contribution in [0, 0.1) is 0 Å². The molecule has 0 heterocycles. The lowest BCUT2D eigenvalue weighted by Crippen LogP contribution is -2.32. The topological polar surface area (TPSA) is 34.1 Å². The average Bonchev–Trinajstić information content (AvgIpc) is 2.21. The van der Waals surface area contributed by atoms with Crippen LogP contribution < -0.4 is 0 Å². The lowest BCUT2D eigenvalue weighted by atomic mass is 10.0. The van der Waals surface area contributed by atoms with Crippen molar-refractivity contribution in [1.29, 1.82) is 0 Å². The Kier molecular flexibility index (Phi) is 8.90. The summed E-state index contributed by atoms with van der Waals surface area (Å²) in [4.78, 5) is 22.2. The number of unbranched alkanes of at least 4 members (excludes halogenated alkanes) is 3. The summed E-state index contributed by atoms with van der Waals surface area (Å²) in [6, 6.07) is 0. The van der Waals surface area contributed by atoms with Gasteiger partial charge in [-0.2, -0.15) is 8.78 Å². The molecular formula is C13H21F2IO2. The quantitative estimate of drug-likeness (QED) is 0.324. The molecule has 0 N–H and O–H groups in total. The van der Waals surface area contributed by atoms with Crippen molar-refractivity contribution in [2.24, 2.45) is 0 Å². The molecule has 0 aliphatic rings. The molecular weight excluding hydrogens is 353 g/mol. The molecule has 0 aromatic heterocycles. The molecule has 0 aliphatic heterocycles. The Bertz CT molecular complexity index is 280. The van der Waals surface area contributed by atoms with Crippen LogP contribution in [0.15, 0.2) is 0 Å². The Morgan fingerprint density at radius 1 is 1.22 bits per heavy atom. The lowest BCUT2D eigenvalue weighted by Gasteiger charge is -2.17. The fourth-order valence-electron chi connectivity index (χ4n) is 1.67. The number of rotatable bonds is 10. The van der Waals surface area contributed by atoms with Crippen LogP contribution in [0.4, 0.5) is 8.78 Å². The minimum Gasteiger partial charge on any atom is -0.300 e. The van der Waals surface area contributed by atoms with Gasteiger partial charge < -0.3 is 0 Å². The first-order chi connectivity index (χ1) is 8.29. The van der Waals surface area contributed by atoms with E-state index in [1.165, 1.54) is 6.92 Å². The van der Waals surface area contributed by atoms with Crippen LogP contribution in [0.2, 0.25) is 0 Å². The van der Waals surface area contributed by atoms with Gasteiger partial charge >= 0.3 is 5.92 Å². The SMILES string of the molecule is CCCCCCC(=O)C(F)(F)CC(I)CC(C)=O. The first-order valence-corrected chi connectivity index (χ1v) is 7.58. The first kappa shape index (κ1) is 17.9. The van der Waals surface area contributed by atoms with E-state index >= 15 is 0 Å². The fraction of sp³-hybridized carbons (Fsp3) is 0.846. The van der Waals surface area contributed by atoms with Gasteiger partial charge in [0.25, 0.3) is 0 Å². The molecule has 2 nitrogen and oxygen atoms in total. The van der Waals surface area contributed by atoms with Crippen molar-refractivity contribution in [2.45, 2.75) is 68.6 Å². The second-order valence-electron chi connectivity index (χ2n) is 4.65. The van der Waals surface area contributed by atoms with E-state index < -0.39 is 22.1 Å². The Morgan fingerprint density at radius 3 is 2.33 bits per heavy atom. The molecule has 0 aromatic carbocycles. The summed E-state index contributed by atoms with van der Waals surface area (Å²) >= 11 is 1.81. The molecule has 0 aromatic rings. The zero-order valence-corrected chi connectivity index (χ0v) is 13.1. The maximum absolute atomic E-state index is 13.6. The highest BCUT2D eigenvalue weighted by molar-refractivity contribution is 14.1. The summed E-state index contributed by atoms with van der Waals surface area (Å²) in [7, 11) is 0. The molecule has 0 amide bonds. The summed E-state index contributed by atoms with van der Waals surface area (Å²) in [5, 5.41) is 0. The van der Waals surface area contributed by atoms with E-state index in [1.54, 1.807) is 0 Å². The van der Waals surface area contributed by atoms with Gasteiger partial charge in [0.2, 0.25) is 5.78 Å². The largest absolute Gasteiger partial charge is 0.306 e. The van der Waals surface area contributed by atoms with Crippen molar-refractivity contribution in [3.05, 3.63) is 0 Å². The second-order valence-corrected chi connectivity index (χ2v) is 6.41. The highest BCUT2D eigenvalue weighted by atomic mass is 127. The first-order valence-electron chi connectivity index (χ1n) is 6.34. The molecule has 0 saturated heterocycles. The normalized spacial score (nSPS) is 13.4. The van der Waals surface area contributed by atoms with Crippen molar-refractivity contribution in [3.8, 4) is 0 Å². The van der Waals surface area contributed by atoms with Gasteiger partial charge in [-0.25, -0.2) is 0 Å². The minimum atomic E-state index is -3.28. The summed E-state index contributed by atoms with van der Waals surface area (Å²) in [6.07, 6.45) is 2.84. The number of ketones is 2. The molecule has 0 saturated carbocycles. The zero-order chi connectivity index (χ0) is 14.2. The lowest BCUT2D eigenvalue weighted by molar-refractivity contribution is -0.144. The van der Waals surface area contributed by atoms with Gasteiger partial charge in [-0.3, -0.25) is 9.59 Å². The Morgan fingerprint density at radius 2 is 1.83 bits per heavy atom. The van der Waals surface area contributed by atoms with Crippen LogP contribution >= 0.6 is 22.6 Å². The van der Waals surface area contributed by atoms with Gasteiger partial charge in [-0.05, 0) is 13.3 Å². The van der Waals surface area contributed by atoms with E-state index in [-0.39, 0.29) is 18.6 Å². The number of carbonyl (C=O) groups is 2. The van der Waals surface area contributed by atoms with Crippen molar-refractivity contribution >= 4 is 34.2 Å². The van der Waals surface area contributed by atoms with Gasteiger partial charge in [0.05, 0.1) is 0 Å². The molecule has 0 spiro atoms. The number of Topliss-reactive ketones (excluding diaryl/α,β-unsaturated/α-hetero) is 2. The number of hydrogen-bond donors (Lipinski definition) is 0. The molecule has 0 rings (SSSR count). The third-order valence-corrected chi connectivity index (χ3v) is 3.53. The zero-order valence-electron chi connectivity index (χ0n) is 11.0.